The average molecular weight is 570 g/mol. The van der Waals surface area contributed by atoms with Crippen molar-refractivity contribution in [1.29, 1.82) is 0 Å². The molecule has 3 aliphatic heterocycles. The summed E-state index contributed by atoms with van der Waals surface area (Å²) in [6.45, 7) is 2.29. The number of fused-ring (bicyclic) bond motifs is 1. The van der Waals surface area contributed by atoms with Gasteiger partial charge in [-0.2, -0.15) is 4.31 Å². The van der Waals surface area contributed by atoms with Crippen molar-refractivity contribution in [2.24, 2.45) is 0 Å². The van der Waals surface area contributed by atoms with Gasteiger partial charge in [0.1, 0.15) is 11.1 Å². The lowest BCUT2D eigenvalue weighted by atomic mass is 9.99. The first-order valence-corrected chi connectivity index (χ1v) is 14.6. The molecule has 3 saturated heterocycles. The molecule has 1 atom stereocenters. The highest BCUT2D eigenvalue weighted by atomic mass is 35.5. The standard InChI is InChI=1S/C27H28ClN5O5S/c28-20-6-7-21-19(12-20)13-24(30-21)39(37,38)32-15-23(27(35)36)33(25(34)16-32)14-17-2-4-18(5-3-17)26(22-8-9-29-22)31-10-1-11-31/h2-7,12-13,23,29-30H,1,8-11,14-16H2,(H,35,36)/t23-/m1/s1. The Labute approximate surface area is 230 Å². The van der Waals surface area contributed by atoms with Crippen LogP contribution in [0, 0.1) is 0 Å². The number of carboxylic acid groups (broad SMARTS) is 1. The fourth-order valence-corrected chi connectivity index (χ4v) is 6.82. The summed E-state index contributed by atoms with van der Waals surface area (Å²) in [5.41, 5.74) is 4.87. The van der Waals surface area contributed by atoms with E-state index in [9.17, 15) is 23.1 Å². The van der Waals surface area contributed by atoms with Crippen LogP contribution in [-0.4, -0.2) is 83.3 Å². The third-order valence-electron chi connectivity index (χ3n) is 7.60. The summed E-state index contributed by atoms with van der Waals surface area (Å²) in [6, 6.07) is 12.9. The number of carbonyl (C=O) groups excluding carboxylic acids is 1. The third kappa shape index (κ3) is 4.75. The second kappa shape index (κ2) is 9.89. The number of rotatable bonds is 7. The Bertz CT molecular complexity index is 1590. The predicted octanol–water partition coefficient (Wildman–Crippen LogP) is 2.68. The van der Waals surface area contributed by atoms with Gasteiger partial charge in [-0.1, -0.05) is 35.9 Å². The summed E-state index contributed by atoms with van der Waals surface area (Å²) in [5.74, 6) is -1.83. The number of hydrogen-bond acceptors (Lipinski definition) is 6. The molecule has 2 aromatic carbocycles. The molecule has 0 spiro atoms. The predicted molar refractivity (Wildman–Crippen MR) is 146 cm³/mol. The van der Waals surface area contributed by atoms with Crippen LogP contribution < -0.4 is 5.32 Å². The number of piperazine rings is 1. The van der Waals surface area contributed by atoms with Crippen molar-refractivity contribution in [1.82, 2.24) is 24.4 Å². The molecule has 204 valence electrons. The normalized spacial score (nSPS) is 21.4. The van der Waals surface area contributed by atoms with Crippen LogP contribution in [0.1, 0.15) is 24.0 Å². The largest absolute Gasteiger partial charge is 0.480 e. The molecule has 3 aromatic rings. The average Bonchev–Trinajstić information content (AvgIpc) is 3.27. The Kier molecular flexibility index (Phi) is 6.52. The first kappa shape index (κ1) is 25.7. The van der Waals surface area contributed by atoms with Crippen molar-refractivity contribution >= 4 is 50.1 Å². The first-order valence-electron chi connectivity index (χ1n) is 12.8. The number of aliphatic carboxylic acids is 1. The van der Waals surface area contributed by atoms with Gasteiger partial charge >= 0.3 is 5.97 Å². The molecule has 3 fully saturated rings. The van der Waals surface area contributed by atoms with E-state index in [1.165, 1.54) is 28.8 Å². The summed E-state index contributed by atoms with van der Waals surface area (Å²) in [6.07, 6.45) is 2.19. The maximum atomic E-state index is 13.4. The number of benzene rings is 2. The Morgan fingerprint density at radius 2 is 1.85 bits per heavy atom. The summed E-state index contributed by atoms with van der Waals surface area (Å²) in [7, 11) is -4.15. The molecule has 0 radical (unpaired) electrons. The summed E-state index contributed by atoms with van der Waals surface area (Å²) >= 11 is 6.02. The smallest absolute Gasteiger partial charge is 0.327 e. The van der Waals surface area contributed by atoms with Crippen molar-refractivity contribution in [3.8, 4) is 0 Å². The van der Waals surface area contributed by atoms with E-state index >= 15 is 0 Å². The van der Waals surface area contributed by atoms with Crippen LogP contribution >= 0.6 is 11.6 Å². The molecule has 3 N–H and O–H groups in total. The van der Waals surface area contributed by atoms with Gasteiger partial charge in [0, 0.05) is 60.8 Å². The van der Waals surface area contributed by atoms with Crippen molar-refractivity contribution in [3.63, 3.8) is 0 Å². The Morgan fingerprint density at radius 1 is 1.10 bits per heavy atom. The molecule has 3 aliphatic rings. The molecule has 10 nitrogen and oxygen atoms in total. The molecule has 39 heavy (non-hydrogen) atoms. The van der Waals surface area contributed by atoms with E-state index in [0.717, 1.165) is 41.5 Å². The summed E-state index contributed by atoms with van der Waals surface area (Å²) in [5, 5.41) is 14.3. The van der Waals surface area contributed by atoms with Crippen LogP contribution in [0.5, 0.6) is 0 Å². The van der Waals surface area contributed by atoms with E-state index in [1.54, 1.807) is 18.2 Å². The van der Waals surface area contributed by atoms with Gasteiger partial charge < -0.3 is 25.2 Å². The lowest BCUT2D eigenvalue weighted by Gasteiger charge is -2.39. The zero-order valence-corrected chi connectivity index (χ0v) is 22.6. The number of sulfonamides is 1. The molecule has 4 heterocycles. The van der Waals surface area contributed by atoms with E-state index in [-0.39, 0.29) is 18.1 Å². The molecule has 12 heteroatoms. The fourth-order valence-electron chi connectivity index (χ4n) is 5.22. The van der Waals surface area contributed by atoms with Gasteiger partial charge in [-0.15, -0.1) is 0 Å². The maximum Gasteiger partial charge on any atom is 0.327 e. The van der Waals surface area contributed by atoms with Crippen LogP contribution in [-0.2, 0) is 26.2 Å². The fraction of sp³-hybridized carbons (Fsp3) is 0.333. The van der Waals surface area contributed by atoms with Gasteiger partial charge in [-0.05, 0) is 41.8 Å². The van der Waals surface area contributed by atoms with Crippen LogP contribution in [0.25, 0.3) is 16.6 Å². The van der Waals surface area contributed by atoms with Gasteiger partial charge in [0.15, 0.2) is 0 Å². The highest BCUT2D eigenvalue weighted by molar-refractivity contribution is 7.89. The number of amides is 1. The Morgan fingerprint density at radius 3 is 2.46 bits per heavy atom. The minimum Gasteiger partial charge on any atom is -0.480 e. The SMILES string of the molecule is O=C(O)[C@H]1CN(S(=O)(=O)c2cc3cc(Cl)ccc3[nH]2)CC(=O)N1Cc1ccc(C(=C2CCN2)N2CCC2)cc1. The molecule has 0 bridgehead atoms. The molecular formula is C27H28ClN5O5S. The molecule has 0 aliphatic carbocycles. The number of aromatic nitrogens is 1. The van der Waals surface area contributed by atoms with Crippen molar-refractivity contribution in [2.45, 2.75) is 30.5 Å². The number of nitrogens with one attached hydrogen (secondary N) is 2. The van der Waals surface area contributed by atoms with Crippen LogP contribution in [0.15, 0.2) is 59.3 Å². The number of carbonyl (C=O) groups is 2. The second-order valence-electron chi connectivity index (χ2n) is 10.1. The van der Waals surface area contributed by atoms with E-state index < -0.39 is 34.5 Å². The minimum absolute atomic E-state index is 0.0721. The zero-order valence-electron chi connectivity index (χ0n) is 21.1. The highest BCUT2D eigenvalue weighted by Crippen LogP contribution is 2.31. The van der Waals surface area contributed by atoms with Gasteiger partial charge in [0.25, 0.3) is 10.0 Å². The second-order valence-corrected chi connectivity index (χ2v) is 12.4. The summed E-state index contributed by atoms with van der Waals surface area (Å²) in [4.78, 5) is 31.8. The van der Waals surface area contributed by atoms with Gasteiger partial charge in [-0.25, -0.2) is 13.2 Å². The topological polar surface area (TPSA) is 126 Å². The quantitative estimate of drug-likeness (QED) is 0.399. The van der Waals surface area contributed by atoms with E-state index in [1.807, 2.05) is 24.3 Å². The Hall–Kier alpha value is -3.54. The van der Waals surface area contributed by atoms with Crippen molar-refractivity contribution in [2.75, 3.05) is 32.7 Å². The molecule has 6 rings (SSSR count). The number of H-pyrrole nitrogens is 1. The van der Waals surface area contributed by atoms with Gasteiger partial charge in [0.05, 0.1) is 12.2 Å². The van der Waals surface area contributed by atoms with Crippen molar-refractivity contribution in [3.05, 3.63) is 70.4 Å². The van der Waals surface area contributed by atoms with E-state index in [4.69, 9.17) is 11.6 Å². The number of nitrogens with zero attached hydrogens (tertiary/aromatic N) is 3. The van der Waals surface area contributed by atoms with Crippen molar-refractivity contribution < 1.29 is 23.1 Å². The third-order valence-corrected chi connectivity index (χ3v) is 9.57. The molecule has 1 amide bonds. The lowest BCUT2D eigenvalue weighted by molar-refractivity contribution is -0.154. The van der Waals surface area contributed by atoms with Crippen LogP contribution in [0.2, 0.25) is 5.02 Å². The lowest BCUT2D eigenvalue weighted by Crippen LogP contribution is -2.60. The summed E-state index contributed by atoms with van der Waals surface area (Å²) < 4.78 is 27.7. The minimum atomic E-state index is -4.15. The van der Waals surface area contributed by atoms with Crippen LogP contribution in [0.4, 0.5) is 0 Å². The maximum absolute atomic E-state index is 13.4. The van der Waals surface area contributed by atoms with Gasteiger partial charge in [-0.3, -0.25) is 4.79 Å². The number of carboxylic acids is 1. The molecular weight excluding hydrogens is 542 g/mol. The zero-order chi connectivity index (χ0) is 27.3. The first-order chi connectivity index (χ1) is 18.7. The number of aromatic amines is 1. The van der Waals surface area contributed by atoms with E-state index in [2.05, 4.69) is 15.2 Å². The molecule has 0 saturated carbocycles. The van der Waals surface area contributed by atoms with E-state index in [0.29, 0.717) is 15.9 Å². The number of hydrogen-bond donors (Lipinski definition) is 3. The van der Waals surface area contributed by atoms with Crippen LogP contribution in [0.3, 0.4) is 0 Å². The van der Waals surface area contributed by atoms with Gasteiger partial charge in [0.2, 0.25) is 5.91 Å². The number of halogens is 1. The monoisotopic (exact) mass is 569 g/mol. The highest BCUT2D eigenvalue weighted by Gasteiger charge is 2.42. The molecule has 0 unspecified atom stereocenters. The Balaban J connectivity index is 1.21. The number of likely N-dealkylation sites (tertiary alicyclic amines) is 1. The molecule has 1 aromatic heterocycles.